The average Bonchev–Trinajstić information content (AvgIpc) is 2.74. The maximum atomic E-state index is 12.2. The van der Waals surface area contributed by atoms with Crippen LogP contribution >= 0.6 is 0 Å². The highest BCUT2D eigenvalue weighted by molar-refractivity contribution is 5.76. The summed E-state index contributed by atoms with van der Waals surface area (Å²) in [7, 11) is 0. The molecule has 0 aliphatic heterocycles. The molecule has 0 saturated heterocycles. The van der Waals surface area contributed by atoms with E-state index in [0.717, 1.165) is 6.42 Å². The highest BCUT2D eigenvalue weighted by Crippen LogP contribution is 2.15. The summed E-state index contributed by atoms with van der Waals surface area (Å²) < 4.78 is 21.7. The Hall–Kier alpha value is -1.48. The van der Waals surface area contributed by atoms with Gasteiger partial charge in [0.15, 0.2) is 0 Å². The Kier molecular flexibility index (Phi) is 19.2. The minimum atomic E-state index is 0.00387. The van der Waals surface area contributed by atoms with Gasteiger partial charge in [0.25, 0.3) is 0 Å². The largest absolute Gasteiger partial charge is 0.379 e. The molecule has 0 aliphatic carbocycles. The van der Waals surface area contributed by atoms with Crippen LogP contribution in [0, 0.1) is 5.92 Å². The third-order valence-electron chi connectivity index (χ3n) is 4.87. The van der Waals surface area contributed by atoms with Crippen LogP contribution < -0.4 is 10.6 Å². The van der Waals surface area contributed by atoms with Crippen molar-refractivity contribution in [1.29, 1.82) is 0 Å². The molecule has 0 unspecified atom stereocenters. The van der Waals surface area contributed by atoms with E-state index in [2.05, 4.69) is 45.3 Å². The van der Waals surface area contributed by atoms with Gasteiger partial charge in [0.05, 0.1) is 58.9 Å². The second-order valence-corrected chi connectivity index (χ2v) is 8.27. The fraction of sp³-hybridized carbons (Fsp3) is 0.833. The molecular weight excluding hydrogens is 412 g/mol. The Morgan fingerprint density at radius 3 is 1.69 bits per heavy atom. The van der Waals surface area contributed by atoms with Crippen molar-refractivity contribution in [3.05, 3.63) is 11.1 Å². The quantitative estimate of drug-likeness (QED) is 0.215. The number of nitrogens with one attached hydrogen (secondary N) is 2. The molecule has 0 aliphatic rings. The Morgan fingerprint density at radius 1 is 0.719 bits per heavy atom. The summed E-state index contributed by atoms with van der Waals surface area (Å²) in [4.78, 5) is 23.4. The summed E-state index contributed by atoms with van der Waals surface area (Å²) in [6.45, 7) is 16.6. The number of hydrogen-bond acceptors (Lipinski definition) is 6. The second kappa shape index (κ2) is 20.1. The number of allylic oxidation sites excluding steroid dienone is 1. The van der Waals surface area contributed by atoms with Gasteiger partial charge in [-0.05, 0) is 33.1 Å². The molecule has 0 aromatic rings. The lowest BCUT2D eigenvalue weighted by molar-refractivity contribution is -0.123. The van der Waals surface area contributed by atoms with Gasteiger partial charge in [0.1, 0.15) is 0 Å². The van der Waals surface area contributed by atoms with Crippen molar-refractivity contribution in [3.63, 3.8) is 0 Å². The van der Waals surface area contributed by atoms with Gasteiger partial charge in [-0.3, -0.25) is 9.59 Å². The Bertz CT molecular complexity index is 533. The summed E-state index contributed by atoms with van der Waals surface area (Å²) in [6, 6.07) is 0.0629. The number of carbonyl (C=O) groups is 2. The molecule has 0 aromatic heterocycles. The summed E-state index contributed by atoms with van der Waals surface area (Å²) in [5, 5.41) is 5.89. The van der Waals surface area contributed by atoms with Crippen LogP contribution in [0.3, 0.4) is 0 Å². The van der Waals surface area contributed by atoms with Gasteiger partial charge < -0.3 is 29.6 Å². The molecular formula is C24H46N2O6. The zero-order valence-corrected chi connectivity index (χ0v) is 21.1. The zero-order chi connectivity index (χ0) is 24.2. The fourth-order valence-electron chi connectivity index (χ4n) is 2.84. The molecule has 0 fully saturated rings. The monoisotopic (exact) mass is 458 g/mol. The second-order valence-electron chi connectivity index (χ2n) is 8.27. The first-order chi connectivity index (χ1) is 15.3. The van der Waals surface area contributed by atoms with Crippen LogP contribution in [0.15, 0.2) is 11.1 Å². The molecule has 8 heteroatoms. The van der Waals surface area contributed by atoms with E-state index in [9.17, 15) is 9.59 Å². The van der Waals surface area contributed by atoms with Crippen LogP contribution in [0.4, 0.5) is 0 Å². The summed E-state index contributed by atoms with van der Waals surface area (Å²) in [6.07, 6.45) is 1.74. The molecule has 1 atom stereocenters. The Balaban J connectivity index is 3.51. The molecule has 0 bridgehead atoms. The maximum Gasteiger partial charge on any atom is 0.222 e. The predicted molar refractivity (Wildman–Crippen MR) is 127 cm³/mol. The summed E-state index contributed by atoms with van der Waals surface area (Å²) >= 11 is 0. The average molecular weight is 459 g/mol. The first-order valence-electron chi connectivity index (χ1n) is 11.8. The molecule has 0 heterocycles. The van der Waals surface area contributed by atoms with Crippen molar-refractivity contribution in [2.24, 2.45) is 5.92 Å². The van der Waals surface area contributed by atoms with Crippen molar-refractivity contribution >= 4 is 11.8 Å². The lowest BCUT2D eigenvalue weighted by Crippen LogP contribution is -2.40. The van der Waals surface area contributed by atoms with Gasteiger partial charge in [0, 0.05) is 19.4 Å². The fourth-order valence-corrected chi connectivity index (χ4v) is 2.84. The van der Waals surface area contributed by atoms with Gasteiger partial charge in [-0.25, -0.2) is 0 Å². The first-order valence-corrected chi connectivity index (χ1v) is 11.8. The van der Waals surface area contributed by atoms with Gasteiger partial charge >= 0.3 is 0 Å². The molecule has 0 spiro atoms. The standard InChI is InChI=1S/C24H46N2O6/c1-7-8-22(27)25-10-12-30-14-16-32-18-17-31-15-13-29-11-9-23(28)26-24(20(4)5)21(6)19(2)3/h20,24H,7-18H2,1-6H3,(H,25,27)(H,26,28)/t24-/m0/s1. The van der Waals surface area contributed by atoms with Gasteiger partial charge in [0.2, 0.25) is 11.8 Å². The number of ether oxygens (including phenoxy) is 4. The lowest BCUT2D eigenvalue weighted by atomic mass is 9.94. The van der Waals surface area contributed by atoms with Crippen molar-refractivity contribution < 1.29 is 28.5 Å². The highest BCUT2D eigenvalue weighted by atomic mass is 16.6. The zero-order valence-electron chi connectivity index (χ0n) is 21.1. The summed E-state index contributed by atoms with van der Waals surface area (Å²) in [5.41, 5.74) is 2.45. The van der Waals surface area contributed by atoms with Gasteiger partial charge in [-0.2, -0.15) is 0 Å². The number of carbonyl (C=O) groups excluding carboxylic acids is 2. The van der Waals surface area contributed by atoms with E-state index in [1.807, 2.05) is 6.92 Å². The molecule has 2 N–H and O–H groups in total. The van der Waals surface area contributed by atoms with Crippen LogP contribution in [0.1, 0.15) is 60.8 Å². The van der Waals surface area contributed by atoms with Crippen molar-refractivity contribution in [1.82, 2.24) is 10.6 Å². The van der Waals surface area contributed by atoms with E-state index in [4.69, 9.17) is 18.9 Å². The van der Waals surface area contributed by atoms with E-state index in [0.29, 0.717) is 78.2 Å². The highest BCUT2D eigenvalue weighted by Gasteiger charge is 2.18. The van der Waals surface area contributed by atoms with Crippen molar-refractivity contribution in [2.75, 3.05) is 59.4 Å². The number of hydrogen-bond donors (Lipinski definition) is 2. The maximum absolute atomic E-state index is 12.2. The first kappa shape index (κ1) is 30.5. The van der Waals surface area contributed by atoms with Gasteiger partial charge in [-0.1, -0.05) is 31.9 Å². The normalized spacial score (nSPS) is 12.0. The molecule has 32 heavy (non-hydrogen) atoms. The van der Waals surface area contributed by atoms with Crippen LogP contribution in [0.5, 0.6) is 0 Å². The van der Waals surface area contributed by atoms with Crippen LogP contribution in [-0.2, 0) is 28.5 Å². The van der Waals surface area contributed by atoms with E-state index >= 15 is 0 Å². The Morgan fingerprint density at radius 2 is 1.22 bits per heavy atom. The van der Waals surface area contributed by atoms with Crippen LogP contribution in [-0.4, -0.2) is 77.3 Å². The predicted octanol–water partition coefficient (Wildman–Crippen LogP) is 2.86. The van der Waals surface area contributed by atoms with E-state index in [1.54, 1.807) is 0 Å². The van der Waals surface area contributed by atoms with E-state index in [-0.39, 0.29) is 17.9 Å². The minimum Gasteiger partial charge on any atom is -0.379 e. The molecule has 188 valence electrons. The molecule has 0 radical (unpaired) electrons. The van der Waals surface area contributed by atoms with Crippen molar-refractivity contribution in [3.8, 4) is 0 Å². The molecule has 2 amide bonds. The molecule has 8 nitrogen and oxygen atoms in total. The molecule has 0 rings (SSSR count). The van der Waals surface area contributed by atoms with Crippen LogP contribution in [0.25, 0.3) is 0 Å². The summed E-state index contributed by atoms with van der Waals surface area (Å²) in [5.74, 6) is 0.408. The SMILES string of the molecule is CCCC(=O)NCCOCCOCCOCCOCCC(=O)N[C@H](C(C)=C(C)C)C(C)C. The molecule has 0 saturated carbocycles. The van der Waals surface area contributed by atoms with E-state index < -0.39 is 0 Å². The minimum absolute atomic E-state index is 0.00387. The third-order valence-corrected chi connectivity index (χ3v) is 4.87. The van der Waals surface area contributed by atoms with Crippen molar-refractivity contribution in [2.45, 2.75) is 66.8 Å². The van der Waals surface area contributed by atoms with Gasteiger partial charge in [-0.15, -0.1) is 0 Å². The Labute approximate surface area is 194 Å². The topological polar surface area (TPSA) is 95.1 Å². The third kappa shape index (κ3) is 17.1. The number of amides is 2. The smallest absolute Gasteiger partial charge is 0.222 e. The lowest BCUT2D eigenvalue weighted by Gasteiger charge is -2.24. The van der Waals surface area contributed by atoms with E-state index in [1.165, 1.54) is 11.1 Å². The number of rotatable bonds is 20. The van der Waals surface area contributed by atoms with Crippen LogP contribution in [0.2, 0.25) is 0 Å². The molecule has 0 aromatic carbocycles.